The Bertz CT molecular complexity index is 561. The van der Waals surface area contributed by atoms with E-state index in [0.29, 0.717) is 5.82 Å². The van der Waals surface area contributed by atoms with Crippen LogP contribution in [0, 0.1) is 5.82 Å². The molecule has 1 heterocycles. The maximum Gasteiger partial charge on any atom is 0.335 e. The zero-order valence-electron chi connectivity index (χ0n) is 9.21. The fraction of sp³-hybridized carbons (Fsp3) is 0.0833. The molecule has 0 saturated carbocycles. The lowest BCUT2D eigenvalue weighted by molar-refractivity contribution is 0.0695. The number of carboxylic acids is 1. The van der Waals surface area contributed by atoms with Gasteiger partial charge in [-0.15, -0.1) is 0 Å². The molecule has 2 aromatic rings. The van der Waals surface area contributed by atoms with Gasteiger partial charge in [0.1, 0.15) is 18.2 Å². The SMILES string of the molecule is O=C(O)c1cc(F)cc(OCc2ncccn2)c1. The lowest BCUT2D eigenvalue weighted by Gasteiger charge is -2.06. The van der Waals surface area contributed by atoms with Crippen LogP contribution in [-0.4, -0.2) is 21.0 Å². The molecule has 0 radical (unpaired) electrons. The molecule has 0 fully saturated rings. The second-order valence-electron chi connectivity index (χ2n) is 3.43. The van der Waals surface area contributed by atoms with E-state index in [4.69, 9.17) is 9.84 Å². The van der Waals surface area contributed by atoms with Crippen molar-refractivity contribution in [2.75, 3.05) is 0 Å². The van der Waals surface area contributed by atoms with Crippen LogP contribution < -0.4 is 4.74 Å². The molecule has 1 aromatic heterocycles. The summed E-state index contributed by atoms with van der Waals surface area (Å²) in [4.78, 5) is 18.6. The standard InChI is InChI=1S/C12H9FN2O3/c13-9-4-8(12(16)17)5-10(6-9)18-7-11-14-2-1-3-15-11/h1-6H,7H2,(H,16,17). The number of aromatic nitrogens is 2. The minimum Gasteiger partial charge on any atom is -0.485 e. The average molecular weight is 248 g/mol. The highest BCUT2D eigenvalue weighted by Crippen LogP contribution is 2.17. The molecular weight excluding hydrogens is 239 g/mol. The van der Waals surface area contributed by atoms with Gasteiger partial charge in [0.25, 0.3) is 0 Å². The molecular formula is C12H9FN2O3. The summed E-state index contributed by atoms with van der Waals surface area (Å²) in [6, 6.07) is 4.94. The highest BCUT2D eigenvalue weighted by atomic mass is 19.1. The molecule has 0 unspecified atom stereocenters. The maximum atomic E-state index is 13.1. The molecule has 1 aromatic carbocycles. The fourth-order valence-corrected chi connectivity index (χ4v) is 1.32. The molecule has 0 spiro atoms. The van der Waals surface area contributed by atoms with E-state index in [-0.39, 0.29) is 17.9 Å². The first-order chi connectivity index (χ1) is 8.65. The fourth-order valence-electron chi connectivity index (χ4n) is 1.32. The molecule has 0 aliphatic heterocycles. The Kier molecular flexibility index (Phi) is 3.47. The third-order valence-corrected chi connectivity index (χ3v) is 2.11. The number of hydrogen-bond acceptors (Lipinski definition) is 4. The molecule has 6 heteroatoms. The summed E-state index contributed by atoms with van der Waals surface area (Å²) in [5, 5.41) is 8.77. The highest BCUT2D eigenvalue weighted by molar-refractivity contribution is 5.88. The van der Waals surface area contributed by atoms with Gasteiger partial charge in [-0.3, -0.25) is 0 Å². The minimum atomic E-state index is -1.21. The summed E-state index contributed by atoms with van der Waals surface area (Å²) < 4.78 is 18.4. The van der Waals surface area contributed by atoms with Gasteiger partial charge in [-0.2, -0.15) is 0 Å². The predicted octanol–water partition coefficient (Wildman–Crippen LogP) is 1.89. The van der Waals surface area contributed by atoms with E-state index in [9.17, 15) is 9.18 Å². The molecule has 5 nitrogen and oxygen atoms in total. The van der Waals surface area contributed by atoms with Crippen LogP contribution in [-0.2, 0) is 6.61 Å². The summed E-state index contributed by atoms with van der Waals surface area (Å²) in [6.45, 7) is 0.0450. The van der Waals surface area contributed by atoms with Crippen LogP contribution in [0.15, 0.2) is 36.7 Å². The monoisotopic (exact) mass is 248 g/mol. The van der Waals surface area contributed by atoms with Crippen LogP contribution in [0.1, 0.15) is 16.2 Å². The van der Waals surface area contributed by atoms with E-state index in [2.05, 4.69) is 9.97 Å². The number of aromatic carboxylic acids is 1. The van der Waals surface area contributed by atoms with Gasteiger partial charge in [-0.05, 0) is 18.2 Å². The molecule has 0 bridgehead atoms. The molecule has 0 amide bonds. The highest BCUT2D eigenvalue weighted by Gasteiger charge is 2.08. The van der Waals surface area contributed by atoms with Gasteiger partial charge in [-0.25, -0.2) is 19.2 Å². The van der Waals surface area contributed by atoms with Gasteiger partial charge in [-0.1, -0.05) is 0 Å². The van der Waals surface area contributed by atoms with E-state index in [1.807, 2.05) is 0 Å². The first kappa shape index (κ1) is 12.0. The summed E-state index contributed by atoms with van der Waals surface area (Å²) >= 11 is 0. The third kappa shape index (κ3) is 3.00. The van der Waals surface area contributed by atoms with Gasteiger partial charge in [0.05, 0.1) is 5.56 Å². The lowest BCUT2D eigenvalue weighted by Crippen LogP contribution is -2.03. The van der Waals surface area contributed by atoms with E-state index < -0.39 is 11.8 Å². The summed E-state index contributed by atoms with van der Waals surface area (Å²) in [5.74, 6) is -1.33. The van der Waals surface area contributed by atoms with Gasteiger partial charge in [0.2, 0.25) is 0 Å². The van der Waals surface area contributed by atoms with E-state index in [1.165, 1.54) is 6.07 Å². The van der Waals surface area contributed by atoms with Crippen molar-refractivity contribution in [1.82, 2.24) is 9.97 Å². The van der Waals surface area contributed by atoms with Crippen molar-refractivity contribution in [1.29, 1.82) is 0 Å². The van der Waals surface area contributed by atoms with Crippen LogP contribution in [0.25, 0.3) is 0 Å². The zero-order valence-corrected chi connectivity index (χ0v) is 9.21. The van der Waals surface area contributed by atoms with Crippen molar-refractivity contribution in [2.24, 2.45) is 0 Å². The zero-order chi connectivity index (χ0) is 13.0. The second kappa shape index (κ2) is 5.22. The van der Waals surface area contributed by atoms with Gasteiger partial charge in [0.15, 0.2) is 5.82 Å². The number of halogens is 1. The van der Waals surface area contributed by atoms with Crippen LogP contribution in [0.5, 0.6) is 5.75 Å². The number of hydrogen-bond donors (Lipinski definition) is 1. The van der Waals surface area contributed by atoms with Crippen LogP contribution in [0.2, 0.25) is 0 Å². The minimum absolute atomic E-state index is 0.0450. The molecule has 0 saturated heterocycles. The van der Waals surface area contributed by atoms with Crippen molar-refractivity contribution in [3.05, 3.63) is 53.9 Å². The Morgan fingerprint density at radius 3 is 2.67 bits per heavy atom. The maximum absolute atomic E-state index is 13.1. The Labute approximate surface area is 102 Å². The molecule has 92 valence electrons. The van der Waals surface area contributed by atoms with Crippen molar-refractivity contribution in [2.45, 2.75) is 6.61 Å². The second-order valence-corrected chi connectivity index (χ2v) is 3.43. The molecule has 0 aliphatic rings. The Balaban J connectivity index is 2.12. The Morgan fingerprint density at radius 1 is 1.28 bits per heavy atom. The van der Waals surface area contributed by atoms with Crippen molar-refractivity contribution in [3.63, 3.8) is 0 Å². The molecule has 1 N–H and O–H groups in total. The van der Waals surface area contributed by atoms with Crippen molar-refractivity contribution < 1.29 is 19.0 Å². The molecule has 2 rings (SSSR count). The smallest absolute Gasteiger partial charge is 0.335 e. The first-order valence-corrected chi connectivity index (χ1v) is 5.08. The van der Waals surface area contributed by atoms with Gasteiger partial charge in [0, 0.05) is 18.5 Å². The summed E-state index contributed by atoms with van der Waals surface area (Å²) in [6.07, 6.45) is 3.11. The number of carboxylic acid groups (broad SMARTS) is 1. The molecule has 0 aliphatic carbocycles. The number of nitrogens with zero attached hydrogens (tertiary/aromatic N) is 2. The Hall–Kier alpha value is -2.50. The lowest BCUT2D eigenvalue weighted by atomic mass is 10.2. The van der Waals surface area contributed by atoms with Crippen molar-refractivity contribution in [3.8, 4) is 5.75 Å². The van der Waals surface area contributed by atoms with E-state index in [0.717, 1.165) is 12.1 Å². The van der Waals surface area contributed by atoms with Crippen LogP contribution >= 0.6 is 0 Å². The van der Waals surface area contributed by atoms with Crippen molar-refractivity contribution >= 4 is 5.97 Å². The predicted molar refractivity (Wildman–Crippen MR) is 59.7 cm³/mol. The Morgan fingerprint density at radius 2 is 2.00 bits per heavy atom. The van der Waals surface area contributed by atoms with E-state index in [1.54, 1.807) is 18.5 Å². The van der Waals surface area contributed by atoms with Crippen LogP contribution in [0.4, 0.5) is 4.39 Å². The van der Waals surface area contributed by atoms with Gasteiger partial charge >= 0.3 is 5.97 Å². The number of carbonyl (C=O) groups is 1. The van der Waals surface area contributed by atoms with E-state index >= 15 is 0 Å². The normalized spacial score (nSPS) is 10.1. The first-order valence-electron chi connectivity index (χ1n) is 5.08. The number of rotatable bonds is 4. The summed E-state index contributed by atoms with van der Waals surface area (Å²) in [7, 11) is 0. The van der Waals surface area contributed by atoms with Crippen LogP contribution in [0.3, 0.4) is 0 Å². The quantitative estimate of drug-likeness (QED) is 0.894. The summed E-state index contributed by atoms with van der Waals surface area (Å²) in [5.41, 5.74) is -0.168. The average Bonchev–Trinajstić information content (AvgIpc) is 2.37. The molecule has 0 atom stereocenters. The topological polar surface area (TPSA) is 72.3 Å². The number of benzene rings is 1. The molecule has 18 heavy (non-hydrogen) atoms. The largest absolute Gasteiger partial charge is 0.485 e. The third-order valence-electron chi connectivity index (χ3n) is 2.11. The number of ether oxygens (including phenoxy) is 1. The van der Waals surface area contributed by atoms with Gasteiger partial charge < -0.3 is 9.84 Å².